The third-order valence-electron chi connectivity index (χ3n) is 6.19. The van der Waals surface area contributed by atoms with Gasteiger partial charge in [-0.2, -0.15) is 0 Å². The first kappa shape index (κ1) is 13.6. The molecule has 2 heteroatoms. The smallest absolute Gasteiger partial charge is 0.115 e. The molecule has 0 radical (unpaired) electrons. The highest BCUT2D eigenvalue weighted by molar-refractivity contribution is 5.35. The molecule has 0 bridgehead atoms. The molecule has 4 rings (SSSR count). The summed E-state index contributed by atoms with van der Waals surface area (Å²) in [5.74, 6) is 2.23. The Morgan fingerprint density at radius 2 is 2.05 bits per heavy atom. The van der Waals surface area contributed by atoms with E-state index in [2.05, 4.69) is 11.0 Å². The van der Waals surface area contributed by atoms with Crippen molar-refractivity contribution in [3.05, 3.63) is 29.8 Å². The standard InChI is InChI=1S/C19H27NO/c21-18-6-3-5-16(12-18)19-9-2-1-4-17(19)14-20(11-10-19)13-15-7-8-15/h3,5-6,12,15,17,21H,1-2,4,7-11,13-14H2/t17-,19-/m1/s1. The van der Waals surface area contributed by atoms with Gasteiger partial charge in [-0.1, -0.05) is 25.0 Å². The lowest BCUT2D eigenvalue weighted by Crippen LogP contribution is -2.51. The average Bonchev–Trinajstić information content (AvgIpc) is 3.31. The predicted molar refractivity (Wildman–Crippen MR) is 85.5 cm³/mol. The molecular weight excluding hydrogens is 258 g/mol. The van der Waals surface area contributed by atoms with Crippen molar-refractivity contribution in [3.63, 3.8) is 0 Å². The van der Waals surface area contributed by atoms with E-state index in [0.717, 1.165) is 11.8 Å². The zero-order valence-corrected chi connectivity index (χ0v) is 12.9. The Morgan fingerprint density at radius 3 is 2.86 bits per heavy atom. The number of nitrogens with zero attached hydrogens (tertiary/aromatic N) is 1. The Kier molecular flexibility index (Phi) is 3.45. The molecule has 2 atom stereocenters. The molecule has 3 aliphatic rings. The average molecular weight is 285 g/mol. The lowest BCUT2D eigenvalue weighted by Gasteiger charge is -2.51. The Labute approximate surface area is 128 Å². The van der Waals surface area contributed by atoms with Gasteiger partial charge in [0.25, 0.3) is 0 Å². The van der Waals surface area contributed by atoms with E-state index in [1.807, 2.05) is 12.1 Å². The fraction of sp³-hybridized carbons (Fsp3) is 0.684. The van der Waals surface area contributed by atoms with Crippen LogP contribution in [0, 0.1) is 11.8 Å². The van der Waals surface area contributed by atoms with Crippen LogP contribution in [-0.4, -0.2) is 29.6 Å². The Balaban J connectivity index is 1.59. The quantitative estimate of drug-likeness (QED) is 0.909. The SMILES string of the molecule is Oc1cccc([C@]23CCCC[C@@H]2CN(CC2CC2)CC3)c1. The molecule has 0 amide bonds. The van der Waals surface area contributed by atoms with Crippen LogP contribution in [0.5, 0.6) is 5.75 Å². The first-order valence-corrected chi connectivity index (χ1v) is 8.78. The first-order valence-electron chi connectivity index (χ1n) is 8.78. The highest BCUT2D eigenvalue weighted by atomic mass is 16.3. The van der Waals surface area contributed by atoms with E-state index in [-0.39, 0.29) is 0 Å². The van der Waals surface area contributed by atoms with E-state index in [0.29, 0.717) is 11.2 Å². The Hall–Kier alpha value is -1.02. The van der Waals surface area contributed by atoms with E-state index >= 15 is 0 Å². The Bertz CT molecular complexity index is 510. The van der Waals surface area contributed by atoms with Gasteiger partial charge in [0, 0.05) is 18.5 Å². The predicted octanol–water partition coefficient (Wildman–Crippen LogP) is 3.94. The second kappa shape index (κ2) is 5.31. The lowest BCUT2D eigenvalue weighted by molar-refractivity contribution is 0.0537. The second-order valence-electron chi connectivity index (χ2n) is 7.60. The molecule has 1 aromatic rings. The fourth-order valence-electron chi connectivity index (χ4n) is 4.84. The monoisotopic (exact) mass is 285 g/mol. The Morgan fingerprint density at radius 1 is 1.14 bits per heavy atom. The molecule has 2 saturated carbocycles. The first-order chi connectivity index (χ1) is 10.3. The number of likely N-dealkylation sites (tertiary alicyclic amines) is 1. The molecule has 0 spiro atoms. The van der Waals surface area contributed by atoms with E-state index in [4.69, 9.17) is 0 Å². The topological polar surface area (TPSA) is 23.5 Å². The number of piperidine rings is 1. The molecule has 1 aliphatic heterocycles. The largest absolute Gasteiger partial charge is 0.508 e. The molecule has 21 heavy (non-hydrogen) atoms. The minimum absolute atomic E-state index is 0.344. The summed E-state index contributed by atoms with van der Waals surface area (Å²) in [5.41, 5.74) is 1.75. The van der Waals surface area contributed by atoms with Crippen molar-refractivity contribution in [2.75, 3.05) is 19.6 Å². The molecule has 0 aromatic heterocycles. The number of fused-ring (bicyclic) bond motifs is 1. The van der Waals surface area contributed by atoms with Gasteiger partial charge in [-0.05, 0) is 68.2 Å². The van der Waals surface area contributed by atoms with Gasteiger partial charge in [-0.25, -0.2) is 0 Å². The van der Waals surface area contributed by atoms with Crippen LogP contribution in [0.15, 0.2) is 24.3 Å². The molecule has 2 nitrogen and oxygen atoms in total. The minimum atomic E-state index is 0.344. The maximum Gasteiger partial charge on any atom is 0.115 e. The van der Waals surface area contributed by atoms with Crippen molar-refractivity contribution in [3.8, 4) is 5.75 Å². The third kappa shape index (κ3) is 2.59. The van der Waals surface area contributed by atoms with Crippen molar-refractivity contribution < 1.29 is 5.11 Å². The summed E-state index contributed by atoms with van der Waals surface area (Å²) in [4.78, 5) is 2.73. The molecule has 114 valence electrons. The van der Waals surface area contributed by atoms with Crippen LogP contribution in [0.2, 0.25) is 0 Å². The van der Waals surface area contributed by atoms with Crippen molar-refractivity contribution in [1.82, 2.24) is 4.90 Å². The maximum atomic E-state index is 9.90. The van der Waals surface area contributed by atoms with Gasteiger partial charge in [-0.3, -0.25) is 0 Å². The maximum absolute atomic E-state index is 9.90. The number of hydrogen-bond acceptors (Lipinski definition) is 2. The van der Waals surface area contributed by atoms with Crippen LogP contribution in [0.25, 0.3) is 0 Å². The van der Waals surface area contributed by atoms with Crippen LogP contribution in [-0.2, 0) is 5.41 Å². The number of phenols is 1. The molecule has 1 heterocycles. The van der Waals surface area contributed by atoms with Gasteiger partial charge in [0.2, 0.25) is 0 Å². The number of benzene rings is 1. The van der Waals surface area contributed by atoms with E-state index in [9.17, 15) is 5.11 Å². The zero-order valence-electron chi connectivity index (χ0n) is 12.9. The van der Waals surface area contributed by atoms with E-state index < -0.39 is 0 Å². The highest BCUT2D eigenvalue weighted by Crippen LogP contribution is 2.49. The van der Waals surface area contributed by atoms with Gasteiger partial charge in [0.15, 0.2) is 0 Å². The number of phenolic OH excluding ortho intramolecular Hbond substituents is 1. The minimum Gasteiger partial charge on any atom is -0.508 e. The molecule has 1 saturated heterocycles. The normalized spacial score (nSPS) is 33.6. The zero-order chi connectivity index (χ0) is 14.3. The van der Waals surface area contributed by atoms with Gasteiger partial charge in [-0.15, -0.1) is 0 Å². The van der Waals surface area contributed by atoms with Gasteiger partial charge < -0.3 is 10.0 Å². The lowest BCUT2D eigenvalue weighted by atomic mass is 9.59. The molecule has 3 fully saturated rings. The summed E-state index contributed by atoms with van der Waals surface area (Å²) in [5, 5.41) is 9.90. The van der Waals surface area contributed by atoms with Crippen LogP contribution >= 0.6 is 0 Å². The summed E-state index contributed by atoms with van der Waals surface area (Å²) in [6.45, 7) is 3.88. The van der Waals surface area contributed by atoms with Crippen LogP contribution in [0.3, 0.4) is 0 Å². The van der Waals surface area contributed by atoms with Crippen molar-refractivity contribution in [2.24, 2.45) is 11.8 Å². The van der Waals surface area contributed by atoms with Crippen LogP contribution < -0.4 is 0 Å². The highest BCUT2D eigenvalue weighted by Gasteiger charge is 2.45. The summed E-state index contributed by atoms with van der Waals surface area (Å²) in [6.07, 6.45) is 9.64. The fourth-order valence-corrected chi connectivity index (χ4v) is 4.84. The summed E-state index contributed by atoms with van der Waals surface area (Å²) in [6, 6.07) is 8.13. The third-order valence-corrected chi connectivity index (χ3v) is 6.19. The van der Waals surface area contributed by atoms with E-state index in [1.165, 1.54) is 70.1 Å². The number of hydrogen-bond donors (Lipinski definition) is 1. The van der Waals surface area contributed by atoms with E-state index in [1.54, 1.807) is 6.07 Å². The molecule has 2 aliphatic carbocycles. The second-order valence-corrected chi connectivity index (χ2v) is 7.60. The van der Waals surface area contributed by atoms with Crippen molar-refractivity contribution >= 4 is 0 Å². The summed E-state index contributed by atoms with van der Waals surface area (Å²) < 4.78 is 0. The molecule has 1 aromatic carbocycles. The van der Waals surface area contributed by atoms with Crippen LogP contribution in [0.1, 0.15) is 50.5 Å². The van der Waals surface area contributed by atoms with Gasteiger partial charge >= 0.3 is 0 Å². The molecule has 1 N–H and O–H groups in total. The molecule has 0 unspecified atom stereocenters. The molecular formula is C19H27NO. The number of rotatable bonds is 3. The van der Waals surface area contributed by atoms with Crippen molar-refractivity contribution in [2.45, 2.75) is 50.4 Å². The van der Waals surface area contributed by atoms with Gasteiger partial charge in [0.1, 0.15) is 5.75 Å². The number of aromatic hydroxyl groups is 1. The van der Waals surface area contributed by atoms with Crippen molar-refractivity contribution in [1.29, 1.82) is 0 Å². The summed E-state index contributed by atoms with van der Waals surface area (Å²) >= 11 is 0. The van der Waals surface area contributed by atoms with Gasteiger partial charge in [0.05, 0.1) is 0 Å². The summed E-state index contributed by atoms with van der Waals surface area (Å²) in [7, 11) is 0. The van der Waals surface area contributed by atoms with Crippen LogP contribution in [0.4, 0.5) is 0 Å².